The van der Waals surface area contributed by atoms with Crippen molar-refractivity contribution in [3.05, 3.63) is 0 Å². The van der Waals surface area contributed by atoms with Crippen LogP contribution in [0.15, 0.2) is 0 Å². The first-order chi connectivity index (χ1) is 5.96. The average Bonchev–Trinajstić information content (AvgIpc) is 2.54. The Kier molecular flexibility index (Phi) is 3.33. The quantitative estimate of drug-likeness (QED) is 0.637. The van der Waals surface area contributed by atoms with Crippen molar-refractivity contribution >= 4 is 14.6 Å². The van der Waals surface area contributed by atoms with Crippen LogP contribution >= 0.6 is 0 Å². The molecule has 1 aliphatic heterocycles. The molecular weight excluding hydrogens is 176 g/mol. The zero-order chi connectivity index (χ0) is 10.1. The summed E-state index contributed by atoms with van der Waals surface area (Å²) in [5, 5.41) is 0.0602. The van der Waals surface area contributed by atoms with Gasteiger partial charge in [-0.25, -0.2) is 0 Å². The van der Waals surface area contributed by atoms with Gasteiger partial charge in [-0.1, -0.05) is 52.6 Å². The second kappa shape index (κ2) is 3.95. The lowest BCUT2D eigenvalue weighted by molar-refractivity contribution is -0.124. The van der Waals surface area contributed by atoms with Gasteiger partial charge in [0.15, 0.2) is 0 Å². The topological polar surface area (TPSA) is 17.1 Å². The Morgan fingerprint density at radius 3 is 2.08 bits per heavy atom. The second-order valence-corrected chi connectivity index (χ2v) is 9.21. The van der Waals surface area contributed by atoms with E-state index in [1.165, 1.54) is 24.9 Å². The summed E-state index contributed by atoms with van der Waals surface area (Å²) in [7, 11) is -0.754. The van der Waals surface area contributed by atoms with Gasteiger partial charge < -0.3 is 0 Å². The van der Waals surface area contributed by atoms with Crippen LogP contribution in [0.3, 0.4) is 0 Å². The van der Waals surface area contributed by atoms with E-state index in [2.05, 4.69) is 13.8 Å². The summed E-state index contributed by atoms with van der Waals surface area (Å²) < 4.78 is 0. The molecule has 0 amide bonds. The zero-order valence-corrected chi connectivity index (χ0v) is 10.5. The monoisotopic (exact) mass is 198 g/mol. The summed E-state index contributed by atoms with van der Waals surface area (Å²) in [5.74, 6) is 0.731. The molecule has 0 radical (unpaired) electrons. The molecule has 0 bridgehead atoms. The van der Waals surface area contributed by atoms with E-state index in [4.69, 9.17) is 0 Å². The molecule has 2 heteroatoms. The summed E-state index contributed by atoms with van der Waals surface area (Å²) in [6, 6.07) is 2.79. The molecule has 13 heavy (non-hydrogen) atoms. The van der Waals surface area contributed by atoms with Crippen LogP contribution in [0.1, 0.15) is 40.5 Å². The minimum absolute atomic E-state index is 0.0602. The van der Waals surface area contributed by atoms with Gasteiger partial charge in [0.1, 0.15) is 5.78 Å². The summed E-state index contributed by atoms with van der Waals surface area (Å²) >= 11 is 0. The van der Waals surface area contributed by atoms with E-state index in [0.29, 0.717) is 5.78 Å². The van der Waals surface area contributed by atoms with E-state index in [9.17, 15) is 4.79 Å². The highest BCUT2D eigenvalue weighted by molar-refractivity contribution is 6.67. The average molecular weight is 198 g/mol. The predicted molar refractivity (Wildman–Crippen MR) is 59.9 cm³/mol. The summed E-state index contributed by atoms with van der Waals surface area (Å²) in [4.78, 5) is 12.0. The molecule has 0 aromatic heterocycles. The van der Waals surface area contributed by atoms with E-state index in [1.807, 2.05) is 13.8 Å². The molecule has 0 aromatic rings. The highest BCUT2D eigenvalue weighted by Gasteiger charge is 2.39. The first-order valence-electron chi connectivity index (χ1n) is 5.50. The number of carbonyl (C=O) groups is 1. The van der Waals surface area contributed by atoms with E-state index in [-0.39, 0.29) is 11.0 Å². The van der Waals surface area contributed by atoms with Crippen LogP contribution in [0, 0.1) is 5.92 Å². The van der Waals surface area contributed by atoms with Crippen LogP contribution in [0.25, 0.3) is 0 Å². The Hall–Kier alpha value is -0.113. The van der Waals surface area contributed by atoms with Crippen LogP contribution in [0.5, 0.6) is 0 Å². The van der Waals surface area contributed by atoms with Gasteiger partial charge >= 0.3 is 0 Å². The number of hydrogen-bond acceptors (Lipinski definition) is 1. The van der Waals surface area contributed by atoms with E-state index in [1.54, 1.807) is 0 Å². The summed E-state index contributed by atoms with van der Waals surface area (Å²) in [5.41, 5.74) is 0. The fourth-order valence-electron chi connectivity index (χ4n) is 2.59. The molecule has 0 aliphatic carbocycles. The maximum absolute atomic E-state index is 12.0. The van der Waals surface area contributed by atoms with Gasteiger partial charge in [-0.15, -0.1) is 0 Å². The molecule has 0 aromatic carbocycles. The van der Waals surface area contributed by atoms with Crippen molar-refractivity contribution in [1.82, 2.24) is 0 Å². The fourth-order valence-corrected chi connectivity index (χ4v) is 6.62. The van der Waals surface area contributed by atoms with Crippen molar-refractivity contribution in [1.29, 1.82) is 0 Å². The number of Topliss-reactive ketones (excluding diaryl/α,β-unsaturated/α-hetero) is 1. The smallest absolute Gasteiger partial charge is 0.137 e. The van der Waals surface area contributed by atoms with Gasteiger partial charge in [-0.3, -0.25) is 4.79 Å². The summed E-state index contributed by atoms with van der Waals surface area (Å²) in [6.45, 7) is 8.45. The Bertz CT molecular complexity index is 190. The molecule has 0 spiro atoms. The maximum atomic E-state index is 12.0. The lowest BCUT2D eigenvalue weighted by Crippen LogP contribution is -2.35. The van der Waals surface area contributed by atoms with Crippen molar-refractivity contribution in [3.63, 3.8) is 0 Å². The SMILES string of the molecule is CC(C)C(=O)C(C)(C)[SiH]1CCCC1. The Labute approximate surface area is 83.5 Å². The molecule has 1 saturated heterocycles. The highest BCUT2D eigenvalue weighted by atomic mass is 28.3. The molecule has 0 N–H and O–H groups in total. The normalized spacial score (nSPS) is 19.8. The van der Waals surface area contributed by atoms with Crippen LogP contribution in [0.4, 0.5) is 0 Å². The second-order valence-electron chi connectivity index (χ2n) is 5.22. The molecule has 0 saturated carbocycles. The molecule has 1 heterocycles. The minimum atomic E-state index is -0.754. The van der Waals surface area contributed by atoms with Crippen molar-refractivity contribution < 1.29 is 4.79 Å². The molecule has 1 aliphatic rings. The van der Waals surface area contributed by atoms with Gasteiger partial charge in [-0.05, 0) is 0 Å². The molecule has 0 atom stereocenters. The van der Waals surface area contributed by atoms with Gasteiger partial charge in [-0.2, -0.15) is 0 Å². The number of rotatable bonds is 3. The van der Waals surface area contributed by atoms with Gasteiger partial charge in [0, 0.05) is 11.0 Å². The third-order valence-corrected chi connectivity index (χ3v) is 8.07. The molecule has 0 unspecified atom stereocenters. The van der Waals surface area contributed by atoms with Gasteiger partial charge in [0.25, 0.3) is 0 Å². The van der Waals surface area contributed by atoms with Crippen molar-refractivity contribution in [3.8, 4) is 0 Å². The maximum Gasteiger partial charge on any atom is 0.137 e. The van der Waals surface area contributed by atoms with Crippen molar-refractivity contribution in [2.24, 2.45) is 5.92 Å². The molecule has 1 fully saturated rings. The first-order valence-corrected chi connectivity index (χ1v) is 7.71. The lowest BCUT2D eigenvalue weighted by atomic mass is 9.98. The molecule has 1 nitrogen and oxygen atoms in total. The third kappa shape index (κ3) is 2.22. The van der Waals surface area contributed by atoms with E-state index < -0.39 is 8.80 Å². The van der Waals surface area contributed by atoms with Gasteiger partial charge in [0.05, 0.1) is 8.80 Å². The van der Waals surface area contributed by atoms with Crippen LogP contribution in [0.2, 0.25) is 17.1 Å². The number of ketones is 1. The Morgan fingerprint density at radius 2 is 1.69 bits per heavy atom. The third-order valence-electron chi connectivity index (χ3n) is 3.54. The molecular formula is C11H22OSi. The summed E-state index contributed by atoms with van der Waals surface area (Å²) in [6.07, 6.45) is 2.76. The molecule has 76 valence electrons. The predicted octanol–water partition coefficient (Wildman–Crippen LogP) is 3.01. The number of hydrogen-bond donors (Lipinski definition) is 0. The van der Waals surface area contributed by atoms with Crippen LogP contribution < -0.4 is 0 Å². The van der Waals surface area contributed by atoms with E-state index >= 15 is 0 Å². The largest absolute Gasteiger partial charge is 0.299 e. The van der Waals surface area contributed by atoms with Crippen LogP contribution in [-0.2, 0) is 4.79 Å². The molecule has 1 rings (SSSR count). The highest BCUT2D eigenvalue weighted by Crippen LogP contribution is 2.41. The minimum Gasteiger partial charge on any atom is -0.299 e. The van der Waals surface area contributed by atoms with Gasteiger partial charge in [0.2, 0.25) is 0 Å². The Balaban J connectivity index is 2.68. The van der Waals surface area contributed by atoms with E-state index in [0.717, 1.165) is 0 Å². The first kappa shape index (κ1) is 11.0. The zero-order valence-electron chi connectivity index (χ0n) is 9.39. The standard InChI is InChI=1S/C11H22OSi/c1-9(2)10(12)11(3,4)13-7-5-6-8-13/h9,13H,5-8H2,1-4H3. The lowest BCUT2D eigenvalue weighted by Gasteiger charge is -2.30. The van der Waals surface area contributed by atoms with Crippen LogP contribution in [-0.4, -0.2) is 14.6 Å². The Morgan fingerprint density at radius 1 is 1.23 bits per heavy atom. The number of carbonyl (C=O) groups excluding carboxylic acids is 1. The van der Waals surface area contributed by atoms with Crippen molar-refractivity contribution in [2.45, 2.75) is 57.7 Å². The fraction of sp³-hybridized carbons (Fsp3) is 0.909. The van der Waals surface area contributed by atoms with Crippen molar-refractivity contribution in [2.75, 3.05) is 0 Å².